The van der Waals surface area contributed by atoms with E-state index in [2.05, 4.69) is 81.5 Å². The standard InChI is InChI=1S/C51H88O6/c1-4-7-10-13-16-19-21-23-25-27-29-32-35-38-41-44-50(53)56-47-48(46-55-49(52)43-40-37-34-31-18-15-12-9-6-3)57-51(54)45-42-39-36-33-30-28-26-24-22-20-17-14-11-8-5-2/h7,10,16-17,19-20,23-26,48H,4-6,8-9,11-15,18,21-22,27-47H2,1-3H3/b10-7-,19-16-,20-17-,25-23-,26-24-/t48-/m1/s1. The zero-order chi connectivity index (χ0) is 41.5. The molecule has 0 aromatic heterocycles. The summed E-state index contributed by atoms with van der Waals surface area (Å²) in [6.45, 7) is 6.44. The fraction of sp³-hybridized carbons (Fsp3) is 0.745. The summed E-state index contributed by atoms with van der Waals surface area (Å²) in [5, 5.41) is 0. The van der Waals surface area contributed by atoms with Gasteiger partial charge in [-0.25, -0.2) is 0 Å². The van der Waals surface area contributed by atoms with Crippen LogP contribution in [0.4, 0.5) is 0 Å². The second kappa shape index (κ2) is 45.8. The largest absolute Gasteiger partial charge is 0.462 e. The maximum absolute atomic E-state index is 12.7. The van der Waals surface area contributed by atoms with E-state index >= 15 is 0 Å². The first-order valence-electron chi connectivity index (χ1n) is 23.8. The van der Waals surface area contributed by atoms with Gasteiger partial charge in [0.15, 0.2) is 6.10 Å². The second-order valence-electron chi connectivity index (χ2n) is 15.6. The van der Waals surface area contributed by atoms with Gasteiger partial charge in [-0.05, 0) is 83.5 Å². The summed E-state index contributed by atoms with van der Waals surface area (Å²) in [4.78, 5) is 37.8. The van der Waals surface area contributed by atoms with Gasteiger partial charge in [0.25, 0.3) is 0 Å². The van der Waals surface area contributed by atoms with Crippen molar-refractivity contribution in [2.24, 2.45) is 0 Å². The Hall–Kier alpha value is -2.89. The van der Waals surface area contributed by atoms with Gasteiger partial charge in [-0.1, -0.05) is 184 Å². The van der Waals surface area contributed by atoms with E-state index in [9.17, 15) is 14.4 Å². The van der Waals surface area contributed by atoms with E-state index in [1.54, 1.807) is 0 Å². The smallest absolute Gasteiger partial charge is 0.306 e. The van der Waals surface area contributed by atoms with Crippen LogP contribution in [0.5, 0.6) is 0 Å². The number of allylic oxidation sites excluding steroid dienone is 10. The number of esters is 3. The van der Waals surface area contributed by atoms with Crippen LogP contribution in [0.2, 0.25) is 0 Å². The monoisotopic (exact) mass is 797 g/mol. The van der Waals surface area contributed by atoms with Crippen LogP contribution in [-0.4, -0.2) is 37.2 Å². The van der Waals surface area contributed by atoms with E-state index in [0.717, 1.165) is 122 Å². The van der Waals surface area contributed by atoms with Crippen molar-refractivity contribution >= 4 is 17.9 Å². The Kier molecular flexibility index (Phi) is 43.5. The summed E-state index contributed by atoms with van der Waals surface area (Å²) < 4.78 is 16.7. The lowest BCUT2D eigenvalue weighted by molar-refractivity contribution is -0.167. The zero-order valence-corrected chi connectivity index (χ0v) is 37.3. The van der Waals surface area contributed by atoms with Gasteiger partial charge < -0.3 is 14.2 Å². The van der Waals surface area contributed by atoms with E-state index in [4.69, 9.17) is 14.2 Å². The van der Waals surface area contributed by atoms with Crippen LogP contribution >= 0.6 is 0 Å². The second-order valence-corrected chi connectivity index (χ2v) is 15.6. The molecule has 0 aliphatic heterocycles. The first-order valence-corrected chi connectivity index (χ1v) is 23.8. The number of ether oxygens (including phenoxy) is 3. The maximum atomic E-state index is 12.7. The molecular weight excluding hydrogens is 709 g/mol. The Morgan fingerprint density at radius 1 is 0.368 bits per heavy atom. The number of carbonyl (C=O) groups is 3. The molecule has 0 unspecified atom stereocenters. The average Bonchev–Trinajstić information content (AvgIpc) is 3.21. The molecule has 0 heterocycles. The van der Waals surface area contributed by atoms with Gasteiger partial charge >= 0.3 is 17.9 Å². The first-order chi connectivity index (χ1) is 28.0. The lowest BCUT2D eigenvalue weighted by atomic mass is 10.1. The summed E-state index contributed by atoms with van der Waals surface area (Å²) in [6, 6.07) is 0. The predicted molar refractivity (Wildman–Crippen MR) is 242 cm³/mol. The molecule has 0 fully saturated rings. The molecule has 0 aromatic carbocycles. The van der Waals surface area contributed by atoms with Crippen molar-refractivity contribution in [2.45, 2.75) is 232 Å². The van der Waals surface area contributed by atoms with Crippen molar-refractivity contribution in [1.82, 2.24) is 0 Å². The highest BCUT2D eigenvalue weighted by molar-refractivity contribution is 5.71. The fourth-order valence-corrected chi connectivity index (χ4v) is 6.43. The van der Waals surface area contributed by atoms with Crippen LogP contribution in [-0.2, 0) is 28.6 Å². The molecule has 0 saturated heterocycles. The highest BCUT2D eigenvalue weighted by atomic mass is 16.6. The first kappa shape index (κ1) is 54.1. The number of hydrogen-bond donors (Lipinski definition) is 0. The van der Waals surface area contributed by atoms with Gasteiger partial charge in [0.2, 0.25) is 0 Å². The summed E-state index contributed by atoms with van der Waals surface area (Å²) in [6.07, 6.45) is 54.8. The van der Waals surface area contributed by atoms with Crippen molar-refractivity contribution in [1.29, 1.82) is 0 Å². The van der Waals surface area contributed by atoms with Gasteiger partial charge in [-0.3, -0.25) is 14.4 Å². The minimum atomic E-state index is -0.784. The fourth-order valence-electron chi connectivity index (χ4n) is 6.43. The number of hydrogen-bond acceptors (Lipinski definition) is 6. The van der Waals surface area contributed by atoms with E-state index < -0.39 is 6.10 Å². The van der Waals surface area contributed by atoms with Gasteiger partial charge in [0.1, 0.15) is 13.2 Å². The molecule has 0 aromatic rings. The van der Waals surface area contributed by atoms with Crippen molar-refractivity contribution in [3.63, 3.8) is 0 Å². The SMILES string of the molecule is CC/C=C\C/C=C\C/C=C\CCCCCCCC(=O)OC[C@@H](COC(=O)CCCCCCCCCCC)OC(=O)CCCCCCC/C=C\C/C=C\CCCCC. The Labute approximate surface area is 351 Å². The van der Waals surface area contributed by atoms with Gasteiger partial charge in [-0.15, -0.1) is 0 Å². The zero-order valence-electron chi connectivity index (χ0n) is 37.3. The highest BCUT2D eigenvalue weighted by Gasteiger charge is 2.19. The number of rotatable bonds is 42. The lowest BCUT2D eigenvalue weighted by Crippen LogP contribution is -2.30. The van der Waals surface area contributed by atoms with Crippen molar-refractivity contribution in [3.05, 3.63) is 60.8 Å². The highest BCUT2D eigenvalue weighted by Crippen LogP contribution is 2.13. The third kappa shape index (κ3) is 44.1. The summed E-state index contributed by atoms with van der Waals surface area (Å²) in [5.41, 5.74) is 0. The summed E-state index contributed by atoms with van der Waals surface area (Å²) >= 11 is 0. The Balaban J connectivity index is 4.40. The molecule has 1 atom stereocenters. The van der Waals surface area contributed by atoms with Gasteiger partial charge in [0.05, 0.1) is 0 Å². The molecule has 0 aliphatic carbocycles. The third-order valence-corrected chi connectivity index (χ3v) is 10.0. The minimum Gasteiger partial charge on any atom is -0.462 e. The molecule has 0 spiro atoms. The number of unbranched alkanes of at least 4 members (excludes halogenated alkanes) is 21. The minimum absolute atomic E-state index is 0.0848. The van der Waals surface area contributed by atoms with Crippen molar-refractivity contribution in [3.8, 4) is 0 Å². The maximum Gasteiger partial charge on any atom is 0.306 e. The molecule has 0 aliphatic rings. The van der Waals surface area contributed by atoms with Crippen LogP contribution in [0.25, 0.3) is 0 Å². The van der Waals surface area contributed by atoms with E-state index in [1.807, 2.05) is 0 Å². The molecular formula is C51H88O6. The Morgan fingerprint density at radius 2 is 0.684 bits per heavy atom. The Morgan fingerprint density at radius 3 is 1.11 bits per heavy atom. The molecule has 6 heteroatoms. The van der Waals surface area contributed by atoms with E-state index in [0.29, 0.717) is 19.3 Å². The molecule has 0 rings (SSSR count). The van der Waals surface area contributed by atoms with E-state index in [1.165, 1.54) is 64.2 Å². The van der Waals surface area contributed by atoms with Gasteiger partial charge in [-0.2, -0.15) is 0 Å². The summed E-state index contributed by atoms with van der Waals surface area (Å²) in [7, 11) is 0. The summed E-state index contributed by atoms with van der Waals surface area (Å²) in [5.74, 6) is -0.920. The molecule has 0 amide bonds. The Bertz CT molecular complexity index is 1050. The lowest BCUT2D eigenvalue weighted by Gasteiger charge is -2.18. The van der Waals surface area contributed by atoms with Crippen molar-refractivity contribution in [2.75, 3.05) is 13.2 Å². The molecule has 0 saturated carbocycles. The molecule has 0 radical (unpaired) electrons. The third-order valence-electron chi connectivity index (χ3n) is 10.0. The normalized spacial score (nSPS) is 12.5. The van der Waals surface area contributed by atoms with Crippen LogP contribution in [0.15, 0.2) is 60.8 Å². The molecule has 6 nitrogen and oxygen atoms in total. The van der Waals surface area contributed by atoms with Crippen LogP contribution in [0.1, 0.15) is 226 Å². The van der Waals surface area contributed by atoms with Crippen LogP contribution in [0, 0.1) is 0 Å². The number of carbonyl (C=O) groups excluding carboxylic acids is 3. The van der Waals surface area contributed by atoms with Gasteiger partial charge in [0, 0.05) is 19.3 Å². The van der Waals surface area contributed by atoms with Crippen LogP contribution < -0.4 is 0 Å². The van der Waals surface area contributed by atoms with Crippen molar-refractivity contribution < 1.29 is 28.6 Å². The molecule has 57 heavy (non-hydrogen) atoms. The molecule has 0 bridgehead atoms. The topological polar surface area (TPSA) is 78.9 Å². The molecule has 0 N–H and O–H groups in total. The van der Waals surface area contributed by atoms with E-state index in [-0.39, 0.29) is 31.1 Å². The van der Waals surface area contributed by atoms with Crippen LogP contribution in [0.3, 0.4) is 0 Å². The molecule has 328 valence electrons. The average molecular weight is 797 g/mol. The quantitative estimate of drug-likeness (QED) is 0.0265. The predicted octanol–water partition coefficient (Wildman–Crippen LogP) is 15.3.